The van der Waals surface area contributed by atoms with Gasteiger partial charge in [0.1, 0.15) is 0 Å². The molecule has 88 valence electrons. The van der Waals surface area contributed by atoms with Gasteiger partial charge in [0.05, 0.1) is 0 Å². The molecule has 0 unspecified atom stereocenters. The van der Waals surface area contributed by atoms with Crippen molar-refractivity contribution in [1.29, 1.82) is 0 Å². The average Bonchev–Trinajstić information content (AvgIpc) is 2.31. The molecule has 0 aliphatic carbocycles. The summed E-state index contributed by atoms with van der Waals surface area (Å²) in [6.07, 6.45) is 2.98. The SMILES string of the molecule is NC(=O)Nc1ccccc1.O=c1nccc[nH]1. The molecule has 0 atom stereocenters. The lowest BCUT2D eigenvalue weighted by atomic mass is 10.3. The molecular weight excluding hydrogens is 220 g/mol. The van der Waals surface area contributed by atoms with Crippen molar-refractivity contribution in [3.63, 3.8) is 0 Å². The quantitative estimate of drug-likeness (QED) is 0.682. The fourth-order valence-corrected chi connectivity index (χ4v) is 0.974. The third kappa shape index (κ3) is 5.73. The lowest BCUT2D eigenvalue weighted by Gasteiger charge is -1.97. The summed E-state index contributed by atoms with van der Waals surface area (Å²) in [7, 11) is 0. The lowest BCUT2D eigenvalue weighted by Crippen LogP contribution is -2.18. The average molecular weight is 232 g/mol. The largest absolute Gasteiger partial charge is 0.351 e. The first kappa shape index (κ1) is 12.4. The Kier molecular flexibility index (Phi) is 4.96. The van der Waals surface area contributed by atoms with Crippen LogP contribution in [-0.4, -0.2) is 16.0 Å². The van der Waals surface area contributed by atoms with Crippen molar-refractivity contribution in [2.45, 2.75) is 0 Å². The Morgan fingerprint density at radius 3 is 2.35 bits per heavy atom. The number of amides is 2. The van der Waals surface area contributed by atoms with Gasteiger partial charge in [-0.2, -0.15) is 0 Å². The van der Waals surface area contributed by atoms with E-state index in [1.165, 1.54) is 12.4 Å². The molecule has 1 aromatic carbocycles. The van der Waals surface area contributed by atoms with Gasteiger partial charge in [-0.25, -0.2) is 14.6 Å². The summed E-state index contributed by atoms with van der Waals surface area (Å²) >= 11 is 0. The number of H-pyrrole nitrogens is 1. The standard InChI is InChI=1S/C7H8N2O.C4H4N2O/c8-7(10)9-6-4-2-1-3-5-6;7-4-5-2-1-3-6-4/h1-5H,(H3,8,9,10);1-3H,(H,5,6,7). The van der Waals surface area contributed by atoms with E-state index in [0.717, 1.165) is 5.69 Å². The fraction of sp³-hybridized carbons (Fsp3) is 0. The number of anilines is 1. The van der Waals surface area contributed by atoms with E-state index >= 15 is 0 Å². The molecule has 6 heteroatoms. The molecule has 2 rings (SSSR count). The molecule has 1 aromatic heterocycles. The van der Waals surface area contributed by atoms with Crippen molar-refractivity contribution in [2.24, 2.45) is 5.73 Å². The number of nitrogens with zero attached hydrogens (tertiary/aromatic N) is 1. The Balaban J connectivity index is 0.000000181. The van der Waals surface area contributed by atoms with Crippen LogP contribution >= 0.6 is 0 Å². The Bertz CT molecular complexity index is 493. The molecule has 0 saturated heterocycles. The van der Waals surface area contributed by atoms with Crippen molar-refractivity contribution in [1.82, 2.24) is 9.97 Å². The zero-order valence-corrected chi connectivity index (χ0v) is 8.96. The molecule has 0 aliphatic heterocycles. The Morgan fingerprint density at radius 1 is 1.24 bits per heavy atom. The van der Waals surface area contributed by atoms with Crippen LogP contribution < -0.4 is 16.7 Å². The maximum Gasteiger partial charge on any atom is 0.344 e. The van der Waals surface area contributed by atoms with Crippen LogP contribution in [0.25, 0.3) is 0 Å². The summed E-state index contributed by atoms with van der Waals surface area (Å²) in [5.41, 5.74) is 5.29. The van der Waals surface area contributed by atoms with Crippen molar-refractivity contribution < 1.29 is 4.79 Å². The Morgan fingerprint density at radius 2 is 1.94 bits per heavy atom. The van der Waals surface area contributed by atoms with E-state index in [0.29, 0.717) is 0 Å². The highest BCUT2D eigenvalue weighted by molar-refractivity contribution is 5.87. The second kappa shape index (κ2) is 6.78. The van der Waals surface area contributed by atoms with Crippen LogP contribution in [0.3, 0.4) is 0 Å². The highest BCUT2D eigenvalue weighted by atomic mass is 16.2. The normalized spacial score (nSPS) is 8.71. The molecule has 2 aromatic rings. The van der Waals surface area contributed by atoms with Gasteiger partial charge >= 0.3 is 11.7 Å². The van der Waals surface area contributed by atoms with Crippen molar-refractivity contribution >= 4 is 11.7 Å². The van der Waals surface area contributed by atoms with E-state index in [4.69, 9.17) is 5.73 Å². The number of hydrogen-bond donors (Lipinski definition) is 3. The molecule has 2 amide bonds. The minimum Gasteiger partial charge on any atom is -0.351 e. The number of benzene rings is 1. The monoisotopic (exact) mass is 232 g/mol. The summed E-state index contributed by atoms with van der Waals surface area (Å²) in [6, 6.07) is 10.2. The van der Waals surface area contributed by atoms with E-state index in [2.05, 4.69) is 15.3 Å². The second-order valence-electron chi connectivity index (χ2n) is 2.94. The summed E-state index contributed by atoms with van der Waals surface area (Å²) in [5.74, 6) is 0. The number of hydrogen-bond acceptors (Lipinski definition) is 3. The van der Waals surface area contributed by atoms with Gasteiger partial charge in [-0.3, -0.25) is 0 Å². The number of primary amides is 1. The summed E-state index contributed by atoms with van der Waals surface area (Å²) in [5, 5.41) is 2.44. The van der Waals surface area contributed by atoms with Crippen LogP contribution in [0.2, 0.25) is 0 Å². The van der Waals surface area contributed by atoms with E-state index in [-0.39, 0.29) is 5.69 Å². The third-order valence-electron chi connectivity index (χ3n) is 1.62. The summed E-state index contributed by atoms with van der Waals surface area (Å²) in [4.78, 5) is 26.1. The van der Waals surface area contributed by atoms with Gasteiger partial charge in [-0.05, 0) is 18.2 Å². The lowest BCUT2D eigenvalue weighted by molar-refractivity contribution is 0.259. The number of urea groups is 1. The zero-order chi connectivity index (χ0) is 12.5. The summed E-state index contributed by atoms with van der Waals surface area (Å²) in [6.45, 7) is 0. The number of rotatable bonds is 1. The number of aromatic nitrogens is 2. The number of nitrogens with two attached hydrogens (primary N) is 1. The molecule has 0 radical (unpaired) electrons. The second-order valence-corrected chi connectivity index (χ2v) is 2.94. The van der Waals surface area contributed by atoms with Gasteiger partial charge in [0.2, 0.25) is 0 Å². The predicted molar refractivity (Wildman–Crippen MR) is 64.5 cm³/mol. The maximum atomic E-state index is 10.3. The van der Waals surface area contributed by atoms with Gasteiger partial charge in [0.25, 0.3) is 0 Å². The molecule has 6 nitrogen and oxygen atoms in total. The molecule has 0 bridgehead atoms. The molecule has 0 fully saturated rings. The Labute approximate surface area is 97.5 Å². The minimum atomic E-state index is -0.536. The zero-order valence-electron chi connectivity index (χ0n) is 8.96. The molecule has 4 N–H and O–H groups in total. The molecule has 0 saturated carbocycles. The van der Waals surface area contributed by atoms with E-state index in [1.54, 1.807) is 18.2 Å². The van der Waals surface area contributed by atoms with Crippen molar-refractivity contribution in [3.05, 3.63) is 59.3 Å². The maximum absolute atomic E-state index is 10.3. The van der Waals surface area contributed by atoms with Gasteiger partial charge in [0, 0.05) is 18.1 Å². The van der Waals surface area contributed by atoms with Gasteiger partial charge in [0.15, 0.2) is 0 Å². The van der Waals surface area contributed by atoms with Crippen molar-refractivity contribution in [2.75, 3.05) is 5.32 Å². The number of carbonyl (C=O) groups excluding carboxylic acids is 1. The number of para-hydroxylation sites is 1. The van der Waals surface area contributed by atoms with Crippen LogP contribution in [0.4, 0.5) is 10.5 Å². The predicted octanol–water partition coefficient (Wildman–Crippen LogP) is 0.947. The van der Waals surface area contributed by atoms with E-state index < -0.39 is 6.03 Å². The fourth-order valence-electron chi connectivity index (χ4n) is 0.974. The summed E-state index contributed by atoms with van der Waals surface area (Å²) < 4.78 is 0. The van der Waals surface area contributed by atoms with Crippen LogP contribution in [0.15, 0.2) is 53.6 Å². The molecule has 0 aliphatic rings. The molecule has 17 heavy (non-hydrogen) atoms. The van der Waals surface area contributed by atoms with Gasteiger partial charge in [-0.1, -0.05) is 18.2 Å². The molecular formula is C11H12N4O2. The topological polar surface area (TPSA) is 101 Å². The number of aromatic amines is 1. The van der Waals surface area contributed by atoms with Crippen molar-refractivity contribution in [3.8, 4) is 0 Å². The highest BCUT2D eigenvalue weighted by Gasteiger charge is 1.90. The third-order valence-corrected chi connectivity index (χ3v) is 1.62. The number of nitrogens with one attached hydrogen (secondary N) is 2. The Hall–Kier alpha value is -2.63. The number of carbonyl (C=O) groups is 1. The van der Waals surface area contributed by atoms with E-state index in [9.17, 15) is 9.59 Å². The van der Waals surface area contributed by atoms with Crippen LogP contribution in [0.1, 0.15) is 0 Å². The molecule has 0 spiro atoms. The highest BCUT2D eigenvalue weighted by Crippen LogP contribution is 2.03. The minimum absolute atomic E-state index is 0.303. The van der Waals surface area contributed by atoms with Crippen LogP contribution in [-0.2, 0) is 0 Å². The van der Waals surface area contributed by atoms with Crippen LogP contribution in [0, 0.1) is 0 Å². The first-order valence-corrected chi connectivity index (χ1v) is 4.79. The first-order chi connectivity index (χ1) is 8.18. The first-order valence-electron chi connectivity index (χ1n) is 4.79. The van der Waals surface area contributed by atoms with E-state index in [1.807, 2.05) is 18.2 Å². The van der Waals surface area contributed by atoms with Gasteiger partial charge in [-0.15, -0.1) is 0 Å². The van der Waals surface area contributed by atoms with Gasteiger partial charge < -0.3 is 16.0 Å². The molecule has 1 heterocycles. The van der Waals surface area contributed by atoms with Crippen LogP contribution in [0.5, 0.6) is 0 Å². The smallest absolute Gasteiger partial charge is 0.344 e.